The molecule has 2 rings (SSSR count). The van der Waals surface area contributed by atoms with Crippen molar-refractivity contribution in [3.05, 3.63) is 30.1 Å². The van der Waals surface area contributed by atoms with Crippen LogP contribution in [0.4, 0.5) is 4.79 Å². The Morgan fingerprint density at radius 1 is 1.45 bits per heavy atom. The van der Waals surface area contributed by atoms with Gasteiger partial charge in [-0.15, -0.1) is 0 Å². The first-order valence-corrected chi connectivity index (χ1v) is 7.89. The number of nitrogens with zero attached hydrogens (tertiary/aromatic N) is 3. The summed E-state index contributed by atoms with van der Waals surface area (Å²) in [4.78, 5) is 20.7. The fourth-order valence-electron chi connectivity index (χ4n) is 2.71. The minimum atomic E-state index is -0.442. The van der Waals surface area contributed by atoms with E-state index in [0.29, 0.717) is 12.6 Å². The van der Waals surface area contributed by atoms with E-state index >= 15 is 0 Å². The highest BCUT2D eigenvalue weighted by Crippen LogP contribution is 2.24. The van der Waals surface area contributed by atoms with E-state index in [1.165, 1.54) is 0 Å². The van der Waals surface area contributed by atoms with Gasteiger partial charge in [0, 0.05) is 31.4 Å². The summed E-state index contributed by atoms with van der Waals surface area (Å²) in [7, 11) is 2.10. The second-order valence-corrected chi connectivity index (χ2v) is 6.96. The van der Waals surface area contributed by atoms with Gasteiger partial charge in [-0.05, 0) is 53.3 Å². The van der Waals surface area contributed by atoms with Gasteiger partial charge in [0.15, 0.2) is 0 Å². The van der Waals surface area contributed by atoms with Crippen LogP contribution in [0.25, 0.3) is 0 Å². The minimum absolute atomic E-state index is 0.214. The van der Waals surface area contributed by atoms with Crippen LogP contribution in [0, 0.1) is 0 Å². The van der Waals surface area contributed by atoms with Crippen LogP contribution in [0.2, 0.25) is 0 Å². The quantitative estimate of drug-likeness (QED) is 0.861. The number of hydrogen-bond acceptors (Lipinski definition) is 4. The van der Waals surface area contributed by atoms with Crippen molar-refractivity contribution in [3.63, 3.8) is 0 Å². The van der Waals surface area contributed by atoms with Gasteiger partial charge in [-0.25, -0.2) is 4.79 Å². The molecular weight excluding hydrogens is 278 g/mol. The molecule has 0 saturated carbocycles. The average molecular weight is 305 g/mol. The number of aromatic nitrogens is 1. The monoisotopic (exact) mass is 305 g/mol. The van der Waals surface area contributed by atoms with Gasteiger partial charge in [-0.3, -0.25) is 9.88 Å². The molecule has 1 aromatic heterocycles. The van der Waals surface area contributed by atoms with Gasteiger partial charge in [0.2, 0.25) is 0 Å². The highest BCUT2D eigenvalue weighted by atomic mass is 16.6. The Morgan fingerprint density at radius 3 is 2.77 bits per heavy atom. The molecule has 0 radical (unpaired) electrons. The van der Waals surface area contributed by atoms with E-state index in [4.69, 9.17) is 4.74 Å². The number of carbonyl (C=O) groups excluding carboxylic acids is 1. The van der Waals surface area contributed by atoms with E-state index in [0.717, 1.165) is 18.7 Å². The average Bonchev–Trinajstić information content (AvgIpc) is 2.95. The van der Waals surface area contributed by atoms with Crippen LogP contribution in [-0.2, 0) is 4.74 Å². The number of carbonyl (C=O) groups is 1. The summed E-state index contributed by atoms with van der Waals surface area (Å²) in [5.74, 6) is 0. The molecule has 5 heteroatoms. The third-order valence-corrected chi connectivity index (χ3v) is 4.12. The lowest BCUT2D eigenvalue weighted by molar-refractivity contribution is 0.0278. The number of hydrogen-bond donors (Lipinski definition) is 0. The van der Waals surface area contributed by atoms with Crippen molar-refractivity contribution >= 4 is 6.09 Å². The Kier molecular flexibility index (Phi) is 5.06. The molecule has 0 spiro atoms. The highest BCUT2D eigenvalue weighted by Gasteiger charge is 2.33. The van der Waals surface area contributed by atoms with E-state index in [9.17, 15) is 4.79 Å². The van der Waals surface area contributed by atoms with Gasteiger partial charge in [-0.2, -0.15) is 0 Å². The van der Waals surface area contributed by atoms with Crippen LogP contribution < -0.4 is 0 Å². The number of pyridine rings is 1. The topological polar surface area (TPSA) is 45.7 Å². The molecule has 1 aliphatic heterocycles. The molecule has 122 valence electrons. The highest BCUT2D eigenvalue weighted by molar-refractivity contribution is 5.68. The van der Waals surface area contributed by atoms with Gasteiger partial charge in [0.25, 0.3) is 0 Å². The SMILES string of the molecule is CC(c1ccccn1)N(C)[C@@H]1CCN(C(=O)OC(C)(C)C)C1. The van der Waals surface area contributed by atoms with E-state index in [1.54, 1.807) is 4.90 Å². The third kappa shape index (κ3) is 4.19. The second kappa shape index (κ2) is 6.65. The summed E-state index contributed by atoms with van der Waals surface area (Å²) < 4.78 is 5.45. The molecule has 1 fully saturated rings. The molecule has 0 bridgehead atoms. The molecule has 2 heterocycles. The van der Waals surface area contributed by atoms with Gasteiger partial charge in [-0.1, -0.05) is 6.07 Å². The van der Waals surface area contributed by atoms with Crippen molar-refractivity contribution in [1.29, 1.82) is 0 Å². The Hall–Kier alpha value is -1.62. The van der Waals surface area contributed by atoms with E-state index in [1.807, 2.05) is 45.2 Å². The number of likely N-dealkylation sites (tertiary alicyclic amines) is 1. The zero-order valence-corrected chi connectivity index (χ0v) is 14.2. The largest absolute Gasteiger partial charge is 0.444 e. The molecule has 0 N–H and O–H groups in total. The first kappa shape index (κ1) is 16.7. The van der Waals surface area contributed by atoms with Gasteiger partial charge in [0.05, 0.1) is 5.69 Å². The van der Waals surface area contributed by atoms with Crippen molar-refractivity contribution in [2.75, 3.05) is 20.1 Å². The Balaban J connectivity index is 1.94. The fraction of sp³-hybridized carbons (Fsp3) is 0.647. The van der Waals surface area contributed by atoms with Crippen molar-refractivity contribution in [3.8, 4) is 0 Å². The van der Waals surface area contributed by atoms with Crippen LogP contribution in [0.1, 0.15) is 45.9 Å². The van der Waals surface area contributed by atoms with Gasteiger partial charge >= 0.3 is 6.09 Å². The standard InChI is InChI=1S/C17H27N3O2/c1-13(15-8-6-7-10-18-15)19(5)14-9-11-20(12-14)16(21)22-17(2,3)4/h6-8,10,13-14H,9,11-12H2,1-5H3/t13?,14-/m1/s1. The number of ether oxygens (including phenoxy) is 1. The van der Waals surface area contributed by atoms with Crippen LogP contribution in [0.15, 0.2) is 24.4 Å². The van der Waals surface area contributed by atoms with Crippen LogP contribution in [0.3, 0.4) is 0 Å². The number of amides is 1. The summed E-state index contributed by atoms with van der Waals surface area (Å²) in [5, 5.41) is 0. The lowest BCUT2D eigenvalue weighted by Crippen LogP contribution is -2.40. The first-order chi connectivity index (χ1) is 10.3. The molecule has 1 unspecified atom stereocenters. The fourth-order valence-corrected chi connectivity index (χ4v) is 2.71. The lowest BCUT2D eigenvalue weighted by atomic mass is 10.1. The maximum absolute atomic E-state index is 12.1. The predicted molar refractivity (Wildman–Crippen MR) is 86.6 cm³/mol. The second-order valence-electron chi connectivity index (χ2n) is 6.96. The summed E-state index contributed by atoms with van der Waals surface area (Å²) in [6, 6.07) is 6.54. The smallest absolute Gasteiger partial charge is 0.410 e. The predicted octanol–water partition coefficient (Wildman–Crippen LogP) is 3.08. The maximum Gasteiger partial charge on any atom is 0.410 e. The van der Waals surface area contributed by atoms with Gasteiger partial charge < -0.3 is 9.64 Å². The summed E-state index contributed by atoms with van der Waals surface area (Å²) in [6.45, 7) is 9.30. The molecule has 5 nitrogen and oxygen atoms in total. The zero-order valence-electron chi connectivity index (χ0n) is 14.2. The molecule has 1 saturated heterocycles. The molecule has 0 aromatic carbocycles. The zero-order chi connectivity index (χ0) is 16.3. The normalized spacial score (nSPS) is 20.3. The van der Waals surface area contributed by atoms with Crippen molar-refractivity contribution in [1.82, 2.24) is 14.8 Å². The number of rotatable bonds is 3. The van der Waals surface area contributed by atoms with Crippen LogP contribution >= 0.6 is 0 Å². The molecular formula is C17H27N3O2. The van der Waals surface area contributed by atoms with Crippen LogP contribution in [-0.4, -0.2) is 52.7 Å². The summed E-state index contributed by atoms with van der Waals surface area (Å²) >= 11 is 0. The molecule has 1 aliphatic rings. The van der Waals surface area contributed by atoms with E-state index in [2.05, 4.69) is 23.9 Å². The van der Waals surface area contributed by atoms with E-state index < -0.39 is 5.60 Å². The molecule has 1 amide bonds. The minimum Gasteiger partial charge on any atom is -0.444 e. The van der Waals surface area contributed by atoms with Gasteiger partial charge in [0.1, 0.15) is 5.60 Å². The number of likely N-dealkylation sites (N-methyl/N-ethyl adjacent to an activating group) is 1. The molecule has 1 aromatic rings. The molecule has 22 heavy (non-hydrogen) atoms. The van der Waals surface area contributed by atoms with E-state index in [-0.39, 0.29) is 12.1 Å². The van der Waals surface area contributed by atoms with Crippen molar-refractivity contribution < 1.29 is 9.53 Å². The molecule has 2 atom stereocenters. The summed E-state index contributed by atoms with van der Waals surface area (Å²) in [5.41, 5.74) is 0.614. The maximum atomic E-state index is 12.1. The van der Waals surface area contributed by atoms with Crippen molar-refractivity contribution in [2.24, 2.45) is 0 Å². The van der Waals surface area contributed by atoms with Crippen LogP contribution in [0.5, 0.6) is 0 Å². The lowest BCUT2D eigenvalue weighted by Gasteiger charge is -2.30. The third-order valence-electron chi connectivity index (χ3n) is 4.12. The Labute approximate surface area is 133 Å². The Bertz CT molecular complexity index is 498. The van der Waals surface area contributed by atoms with Crippen molar-refractivity contribution in [2.45, 2.75) is 51.8 Å². The Morgan fingerprint density at radius 2 is 2.18 bits per heavy atom. The molecule has 0 aliphatic carbocycles. The first-order valence-electron chi connectivity index (χ1n) is 7.89. The summed E-state index contributed by atoms with van der Waals surface area (Å²) in [6.07, 6.45) is 2.57.